The fraction of sp³-hybridized carbons (Fsp3) is 0.444. The van der Waals surface area contributed by atoms with Gasteiger partial charge < -0.3 is 20.1 Å². The predicted molar refractivity (Wildman–Crippen MR) is 128 cm³/mol. The number of rotatable bonds is 10. The maximum atomic E-state index is 12.9. The largest absolute Gasteiger partial charge is 0.480 e. The van der Waals surface area contributed by atoms with Crippen LogP contribution in [0.1, 0.15) is 63.0 Å². The van der Waals surface area contributed by atoms with Crippen molar-refractivity contribution in [2.75, 3.05) is 6.61 Å². The van der Waals surface area contributed by atoms with Crippen LogP contribution in [0.25, 0.3) is 11.1 Å². The Bertz CT molecular complexity index is 1020. The van der Waals surface area contributed by atoms with E-state index in [-0.39, 0.29) is 30.9 Å². The van der Waals surface area contributed by atoms with Crippen molar-refractivity contribution in [3.8, 4) is 11.1 Å². The fourth-order valence-electron chi connectivity index (χ4n) is 4.90. The van der Waals surface area contributed by atoms with Crippen LogP contribution in [0.5, 0.6) is 0 Å². The summed E-state index contributed by atoms with van der Waals surface area (Å²) in [6.45, 7) is 3.72. The van der Waals surface area contributed by atoms with Crippen LogP contribution in [0.15, 0.2) is 48.5 Å². The van der Waals surface area contributed by atoms with Gasteiger partial charge in [0.2, 0.25) is 5.91 Å². The number of carboxylic acid groups (broad SMARTS) is 1. The Labute approximate surface area is 200 Å². The first-order valence-electron chi connectivity index (χ1n) is 12.1. The number of fused-ring (bicyclic) bond motifs is 3. The second-order valence-corrected chi connectivity index (χ2v) is 9.21. The molecule has 34 heavy (non-hydrogen) atoms. The van der Waals surface area contributed by atoms with Gasteiger partial charge in [0.1, 0.15) is 12.6 Å². The Kier molecular flexibility index (Phi) is 7.20. The lowest BCUT2D eigenvalue weighted by atomic mass is 9.98. The molecule has 2 aromatic rings. The summed E-state index contributed by atoms with van der Waals surface area (Å²) >= 11 is 0. The minimum Gasteiger partial charge on any atom is -0.480 e. The lowest BCUT2D eigenvalue weighted by Crippen LogP contribution is -2.47. The number of benzene rings is 2. The van der Waals surface area contributed by atoms with E-state index in [0.717, 1.165) is 41.5 Å². The summed E-state index contributed by atoms with van der Waals surface area (Å²) in [5, 5.41) is 12.2. The molecule has 1 fully saturated rings. The summed E-state index contributed by atoms with van der Waals surface area (Å²) < 4.78 is 5.63. The topological polar surface area (TPSA) is 95.9 Å². The molecule has 2 atom stereocenters. The Morgan fingerprint density at radius 1 is 1.06 bits per heavy atom. The average molecular weight is 465 g/mol. The van der Waals surface area contributed by atoms with Crippen LogP contribution < -0.4 is 5.32 Å². The molecule has 2 amide bonds. The Morgan fingerprint density at radius 2 is 1.65 bits per heavy atom. The zero-order valence-electron chi connectivity index (χ0n) is 19.7. The Hall–Kier alpha value is -3.35. The molecule has 2 unspecified atom stereocenters. The van der Waals surface area contributed by atoms with Gasteiger partial charge in [-0.2, -0.15) is 0 Å². The fourth-order valence-corrected chi connectivity index (χ4v) is 4.90. The molecule has 4 rings (SSSR count). The van der Waals surface area contributed by atoms with Crippen LogP contribution in [0.4, 0.5) is 4.79 Å². The maximum absolute atomic E-state index is 12.9. The van der Waals surface area contributed by atoms with Gasteiger partial charge in [-0.15, -0.1) is 0 Å². The van der Waals surface area contributed by atoms with Crippen molar-refractivity contribution in [1.82, 2.24) is 10.2 Å². The zero-order chi connectivity index (χ0) is 24.2. The van der Waals surface area contributed by atoms with Gasteiger partial charge in [-0.3, -0.25) is 4.79 Å². The van der Waals surface area contributed by atoms with E-state index in [2.05, 4.69) is 29.6 Å². The van der Waals surface area contributed by atoms with E-state index in [1.54, 1.807) is 0 Å². The number of carbonyl (C=O) groups is 3. The summed E-state index contributed by atoms with van der Waals surface area (Å²) in [5.74, 6) is -1.29. The molecule has 0 bridgehead atoms. The van der Waals surface area contributed by atoms with Crippen molar-refractivity contribution in [3.63, 3.8) is 0 Å². The van der Waals surface area contributed by atoms with Gasteiger partial charge in [-0.25, -0.2) is 9.59 Å². The molecule has 0 spiro atoms. The summed E-state index contributed by atoms with van der Waals surface area (Å²) in [6, 6.07) is 15.0. The van der Waals surface area contributed by atoms with Gasteiger partial charge in [0.15, 0.2) is 0 Å². The molecule has 2 aliphatic carbocycles. The molecule has 0 heterocycles. The van der Waals surface area contributed by atoms with E-state index in [9.17, 15) is 19.5 Å². The summed E-state index contributed by atoms with van der Waals surface area (Å²) in [5.41, 5.74) is 4.60. The molecule has 7 nitrogen and oxygen atoms in total. The monoisotopic (exact) mass is 464 g/mol. The molecule has 7 heteroatoms. The molecular formula is C27H32N2O5. The molecule has 2 aromatic carbocycles. The highest BCUT2D eigenvalue weighted by molar-refractivity contribution is 5.85. The van der Waals surface area contributed by atoms with Crippen LogP contribution in [0.3, 0.4) is 0 Å². The highest BCUT2D eigenvalue weighted by atomic mass is 16.5. The third kappa shape index (κ3) is 5.08. The van der Waals surface area contributed by atoms with Crippen molar-refractivity contribution in [2.45, 2.75) is 70.0 Å². The first kappa shape index (κ1) is 23.8. The van der Waals surface area contributed by atoms with Crippen molar-refractivity contribution in [2.24, 2.45) is 0 Å². The normalized spacial score (nSPS) is 16.2. The highest BCUT2D eigenvalue weighted by Gasteiger charge is 2.39. The number of ether oxygens (including phenoxy) is 1. The van der Waals surface area contributed by atoms with Crippen LogP contribution in [-0.4, -0.2) is 52.7 Å². The van der Waals surface area contributed by atoms with E-state index < -0.39 is 24.1 Å². The van der Waals surface area contributed by atoms with E-state index >= 15 is 0 Å². The summed E-state index contributed by atoms with van der Waals surface area (Å²) in [4.78, 5) is 38.6. The lowest BCUT2D eigenvalue weighted by Gasteiger charge is -2.28. The molecule has 0 radical (unpaired) electrons. The zero-order valence-corrected chi connectivity index (χ0v) is 19.7. The number of aliphatic carboxylic acids is 1. The molecule has 0 aliphatic heterocycles. The molecule has 2 N–H and O–H groups in total. The third-order valence-corrected chi connectivity index (χ3v) is 6.73. The van der Waals surface area contributed by atoms with E-state index in [4.69, 9.17) is 4.74 Å². The van der Waals surface area contributed by atoms with Crippen molar-refractivity contribution in [1.29, 1.82) is 0 Å². The molecule has 0 saturated heterocycles. The van der Waals surface area contributed by atoms with Gasteiger partial charge >= 0.3 is 12.1 Å². The highest BCUT2D eigenvalue weighted by Crippen LogP contribution is 2.44. The van der Waals surface area contributed by atoms with Gasteiger partial charge in [-0.1, -0.05) is 61.9 Å². The number of carbonyl (C=O) groups excluding carboxylic acids is 2. The Balaban J connectivity index is 1.38. The Morgan fingerprint density at radius 3 is 2.18 bits per heavy atom. The molecule has 180 valence electrons. The smallest absolute Gasteiger partial charge is 0.407 e. The first-order chi connectivity index (χ1) is 16.4. The SMILES string of the molecule is CCCC(CC(=O)N(C1CC1)C(C)C(=O)O)NC(=O)OCC1c2ccccc2-c2ccccc21. The summed E-state index contributed by atoms with van der Waals surface area (Å²) in [6.07, 6.45) is 2.53. The van der Waals surface area contributed by atoms with Crippen LogP contribution >= 0.6 is 0 Å². The number of amides is 2. The summed E-state index contributed by atoms with van der Waals surface area (Å²) in [7, 11) is 0. The van der Waals surface area contributed by atoms with Crippen molar-refractivity contribution < 1.29 is 24.2 Å². The number of hydrogen-bond donors (Lipinski definition) is 2. The van der Waals surface area contributed by atoms with Crippen molar-refractivity contribution >= 4 is 18.0 Å². The number of nitrogens with one attached hydrogen (secondary N) is 1. The third-order valence-electron chi connectivity index (χ3n) is 6.73. The minimum atomic E-state index is -1.02. The van der Waals surface area contributed by atoms with Crippen LogP contribution in [-0.2, 0) is 14.3 Å². The van der Waals surface area contributed by atoms with E-state index in [0.29, 0.717) is 6.42 Å². The predicted octanol–water partition coefficient (Wildman–Crippen LogP) is 4.55. The van der Waals surface area contributed by atoms with Gasteiger partial charge in [0.25, 0.3) is 0 Å². The second-order valence-electron chi connectivity index (χ2n) is 9.21. The standard InChI is InChI=1S/C27H32N2O5/c1-3-8-18(15-25(30)29(19-13-14-19)17(2)26(31)32)28-27(33)34-16-24-22-11-6-4-9-20(22)21-10-5-7-12-23(21)24/h4-7,9-12,17-19,24H,3,8,13-16H2,1-2H3,(H,28,33)(H,31,32). The average Bonchev–Trinajstić information content (AvgIpc) is 3.59. The lowest BCUT2D eigenvalue weighted by molar-refractivity contribution is -0.150. The molecular weight excluding hydrogens is 432 g/mol. The molecule has 1 saturated carbocycles. The second kappa shape index (κ2) is 10.3. The number of hydrogen-bond acceptors (Lipinski definition) is 4. The van der Waals surface area contributed by atoms with Crippen LogP contribution in [0.2, 0.25) is 0 Å². The maximum Gasteiger partial charge on any atom is 0.407 e. The minimum absolute atomic E-state index is 0.0182. The van der Waals surface area contributed by atoms with Crippen molar-refractivity contribution in [3.05, 3.63) is 59.7 Å². The quantitative estimate of drug-likeness (QED) is 0.538. The van der Waals surface area contributed by atoms with Gasteiger partial charge in [0.05, 0.1) is 0 Å². The molecule has 2 aliphatic rings. The number of alkyl carbamates (subject to hydrolysis) is 1. The number of carboxylic acids is 1. The van der Waals surface area contributed by atoms with Gasteiger partial charge in [0, 0.05) is 24.4 Å². The molecule has 0 aromatic heterocycles. The van der Waals surface area contributed by atoms with Gasteiger partial charge in [-0.05, 0) is 48.4 Å². The van der Waals surface area contributed by atoms with Crippen LogP contribution in [0, 0.1) is 0 Å². The van der Waals surface area contributed by atoms with E-state index in [1.165, 1.54) is 11.8 Å². The van der Waals surface area contributed by atoms with E-state index in [1.807, 2.05) is 31.2 Å². The first-order valence-corrected chi connectivity index (χ1v) is 12.1. The number of nitrogens with zero attached hydrogens (tertiary/aromatic N) is 1.